The molecule has 0 atom stereocenters. The fourth-order valence-corrected chi connectivity index (χ4v) is 1.46. The van der Waals surface area contributed by atoms with E-state index in [4.69, 9.17) is 16.7 Å². The summed E-state index contributed by atoms with van der Waals surface area (Å²) in [7, 11) is 0. The molecule has 0 saturated heterocycles. The molecule has 1 aromatic rings. The van der Waals surface area contributed by atoms with Crippen LogP contribution >= 0.6 is 11.6 Å². The molecule has 17 heavy (non-hydrogen) atoms. The molecule has 1 N–H and O–H groups in total. The van der Waals surface area contributed by atoms with E-state index in [1.54, 1.807) is 0 Å². The first-order chi connectivity index (χ1) is 8.06. The van der Waals surface area contributed by atoms with E-state index in [1.807, 2.05) is 0 Å². The number of aromatic nitrogens is 1. The highest BCUT2D eigenvalue weighted by atomic mass is 35.5. The summed E-state index contributed by atoms with van der Waals surface area (Å²) in [5.41, 5.74) is 0.227. The Morgan fingerprint density at radius 1 is 1.59 bits per heavy atom. The molecule has 0 spiro atoms. The first-order valence-electron chi connectivity index (χ1n) is 4.77. The summed E-state index contributed by atoms with van der Waals surface area (Å²) in [5, 5.41) is 8.89. The summed E-state index contributed by atoms with van der Waals surface area (Å²) in [6.07, 6.45) is 4.21. The smallest absolute Gasteiger partial charge is 0.323 e. The molecule has 1 aromatic heterocycles. The molecule has 0 bridgehead atoms. The average Bonchev–Trinajstić information content (AvgIpc) is 2.28. The van der Waals surface area contributed by atoms with E-state index in [0.717, 1.165) is 4.90 Å². The lowest BCUT2D eigenvalue weighted by molar-refractivity contribution is -0.137. The second kappa shape index (κ2) is 6.00. The van der Waals surface area contributed by atoms with Gasteiger partial charge in [-0.15, -0.1) is 6.58 Å². The average molecular weight is 255 g/mol. The molecule has 1 rings (SSSR count). The number of pyridine rings is 1. The van der Waals surface area contributed by atoms with Crippen molar-refractivity contribution in [2.45, 2.75) is 0 Å². The van der Waals surface area contributed by atoms with Crippen LogP contribution in [0.4, 0.5) is 0 Å². The highest BCUT2D eigenvalue weighted by molar-refractivity contribution is 6.33. The van der Waals surface area contributed by atoms with Crippen LogP contribution in [0.3, 0.4) is 0 Å². The van der Waals surface area contributed by atoms with Crippen LogP contribution in [0.25, 0.3) is 0 Å². The van der Waals surface area contributed by atoms with E-state index >= 15 is 0 Å². The number of hydrogen-bond acceptors (Lipinski definition) is 3. The van der Waals surface area contributed by atoms with Crippen molar-refractivity contribution in [1.29, 1.82) is 0 Å². The monoisotopic (exact) mass is 254 g/mol. The number of aliphatic carboxylic acids is 1. The molecule has 0 aliphatic heterocycles. The van der Waals surface area contributed by atoms with Crippen molar-refractivity contribution in [3.8, 4) is 0 Å². The van der Waals surface area contributed by atoms with E-state index in [0.29, 0.717) is 0 Å². The van der Waals surface area contributed by atoms with Crippen molar-refractivity contribution in [1.82, 2.24) is 9.88 Å². The second-order valence-corrected chi connectivity index (χ2v) is 3.63. The Labute approximate surface area is 103 Å². The van der Waals surface area contributed by atoms with Gasteiger partial charge in [0.25, 0.3) is 5.91 Å². The normalized spacial score (nSPS) is 9.71. The predicted molar refractivity (Wildman–Crippen MR) is 63.0 cm³/mol. The Kier molecular flexibility index (Phi) is 4.66. The lowest BCUT2D eigenvalue weighted by Gasteiger charge is -2.19. The van der Waals surface area contributed by atoms with Gasteiger partial charge in [-0.1, -0.05) is 17.7 Å². The summed E-state index contributed by atoms with van der Waals surface area (Å²) in [6.45, 7) is 3.22. The zero-order chi connectivity index (χ0) is 12.8. The van der Waals surface area contributed by atoms with Gasteiger partial charge in [-0.2, -0.15) is 0 Å². The van der Waals surface area contributed by atoms with Crippen molar-refractivity contribution in [3.05, 3.63) is 41.7 Å². The number of halogens is 1. The molecule has 0 aliphatic rings. The molecular weight excluding hydrogens is 244 g/mol. The molecule has 5 nitrogen and oxygen atoms in total. The number of carbonyl (C=O) groups excluding carboxylic acids is 1. The van der Waals surface area contributed by atoms with Crippen LogP contribution in [0, 0.1) is 0 Å². The van der Waals surface area contributed by atoms with Crippen molar-refractivity contribution in [3.63, 3.8) is 0 Å². The van der Waals surface area contributed by atoms with Gasteiger partial charge in [-0.05, 0) is 6.07 Å². The van der Waals surface area contributed by atoms with Crippen LogP contribution in [0.5, 0.6) is 0 Å². The van der Waals surface area contributed by atoms with Gasteiger partial charge in [0.05, 0.1) is 10.6 Å². The summed E-state index contributed by atoms with van der Waals surface area (Å²) < 4.78 is 0. The molecule has 90 valence electrons. The van der Waals surface area contributed by atoms with Crippen LogP contribution in [-0.4, -0.2) is 40.0 Å². The first kappa shape index (κ1) is 13.2. The minimum Gasteiger partial charge on any atom is -0.480 e. The minimum atomic E-state index is -1.09. The van der Waals surface area contributed by atoms with Crippen LogP contribution in [-0.2, 0) is 4.79 Å². The van der Waals surface area contributed by atoms with Crippen LogP contribution < -0.4 is 0 Å². The van der Waals surface area contributed by atoms with Gasteiger partial charge in [0.15, 0.2) is 0 Å². The third-order valence-electron chi connectivity index (χ3n) is 1.97. The van der Waals surface area contributed by atoms with Crippen molar-refractivity contribution < 1.29 is 14.7 Å². The van der Waals surface area contributed by atoms with E-state index in [-0.39, 0.29) is 17.1 Å². The van der Waals surface area contributed by atoms with Gasteiger partial charge in [-0.3, -0.25) is 14.6 Å². The van der Waals surface area contributed by atoms with Gasteiger partial charge < -0.3 is 10.0 Å². The fraction of sp³-hybridized carbons (Fsp3) is 0.182. The first-order valence-corrected chi connectivity index (χ1v) is 5.15. The van der Waals surface area contributed by atoms with Crippen LogP contribution in [0.1, 0.15) is 10.4 Å². The highest BCUT2D eigenvalue weighted by Crippen LogP contribution is 2.15. The molecule has 0 aliphatic carbocycles. The number of carboxylic acid groups (broad SMARTS) is 1. The number of hydrogen-bond donors (Lipinski definition) is 1. The van der Waals surface area contributed by atoms with Crippen LogP contribution in [0.15, 0.2) is 31.1 Å². The largest absolute Gasteiger partial charge is 0.480 e. The number of carbonyl (C=O) groups is 2. The second-order valence-electron chi connectivity index (χ2n) is 3.22. The minimum absolute atomic E-state index is 0.143. The lowest BCUT2D eigenvalue weighted by Crippen LogP contribution is -2.35. The Morgan fingerprint density at radius 3 is 2.82 bits per heavy atom. The molecule has 0 radical (unpaired) electrons. The van der Waals surface area contributed by atoms with E-state index in [9.17, 15) is 9.59 Å². The zero-order valence-corrected chi connectivity index (χ0v) is 9.72. The Morgan fingerprint density at radius 2 is 2.29 bits per heavy atom. The van der Waals surface area contributed by atoms with Gasteiger partial charge in [0.1, 0.15) is 6.54 Å². The summed E-state index contributed by atoms with van der Waals surface area (Å²) in [4.78, 5) is 27.5. The fourth-order valence-electron chi connectivity index (χ4n) is 1.26. The molecule has 0 aromatic carbocycles. The zero-order valence-electron chi connectivity index (χ0n) is 8.97. The molecule has 0 saturated carbocycles. The van der Waals surface area contributed by atoms with E-state index in [2.05, 4.69) is 11.6 Å². The molecule has 1 heterocycles. The van der Waals surface area contributed by atoms with Gasteiger partial charge in [0, 0.05) is 18.9 Å². The number of carboxylic acids is 1. The topological polar surface area (TPSA) is 70.5 Å². The molecule has 6 heteroatoms. The van der Waals surface area contributed by atoms with Crippen molar-refractivity contribution in [2.75, 3.05) is 13.1 Å². The number of nitrogens with zero attached hydrogens (tertiary/aromatic N) is 2. The number of amides is 1. The van der Waals surface area contributed by atoms with Gasteiger partial charge in [0.2, 0.25) is 0 Å². The van der Waals surface area contributed by atoms with Gasteiger partial charge in [-0.25, -0.2) is 0 Å². The number of rotatable bonds is 5. The summed E-state index contributed by atoms with van der Waals surface area (Å²) in [6, 6.07) is 1.45. The standard InChI is InChI=1S/C11H11ClN2O3/c1-2-5-14(7-10(15)16)11(17)8-3-4-13-6-9(8)12/h2-4,6H,1,5,7H2,(H,15,16). The quantitative estimate of drug-likeness (QED) is 0.808. The van der Waals surface area contributed by atoms with Crippen molar-refractivity contribution >= 4 is 23.5 Å². The Balaban J connectivity index is 2.95. The maximum absolute atomic E-state index is 12.0. The Bertz CT molecular complexity index is 448. The molecule has 1 amide bonds. The van der Waals surface area contributed by atoms with Gasteiger partial charge >= 0.3 is 5.97 Å². The predicted octanol–water partition coefficient (Wildman–Crippen LogP) is 1.45. The summed E-state index contributed by atoms with van der Waals surface area (Å²) in [5.74, 6) is -1.55. The SMILES string of the molecule is C=CCN(CC(=O)O)C(=O)c1ccncc1Cl. The maximum atomic E-state index is 12.0. The molecule has 0 fully saturated rings. The maximum Gasteiger partial charge on any atom is 0.323 e. The van der Waals surface area contributed by atoms with Crippen LogP contribution in [0.2, 0.25) is 5.02 Å². The van der Waals surface area contributed by atoms with Crippen molar-refractivity contribution in [2.24, 2.45) is 0 Å². The lowest BCUT2D eigenvalue weighted by atomic mass is 10.2. The highest BCUT2D eigenvalue weighted by Gasteiger charge is 2.19. The Hall–Kier alpha value is -1.88. The van der Waals surface area contributed by atoms with E-state index < -0.39 is 18.4 Å². The third kappa shape index (κ3) is 3.57. The molecular formula is C11H11ClN2O3. The van der Waals surface area contributed by atoms with E-state index in [1.165, 1.54) is 24.5 Å². The molecule has 0 unspecified atom stereocenters. The summed E-state index contributed by atoms with van der Waals surface area (Å²) >= 11 is 5.82. The third-order valence-corrected chi connectivity index (χ3v) is 2.27.